The van der Waals surface area contributed by atoms with Crippen LogP contribution in [0.2, 0.25) is 0 Å². The molecular formula is C39H28N2O2S2. The van der Waals surface area contributed by atoms with Crippen molar-refractivity contribution in [2.24, 2.45) is 8.73 Å². The van der Waals surface area contributed by atoms with Gasteiger partial charge in [0, 0.05) is 27.7 Å². The van der Waals surface area contributed by atoms with Gasteiger partial charge in [0.05, 0.1) is 31.0 Å². The van der Waals surface area contributed by atoms with Gasteiger partial charge >= 0.3 is 0 Å². The molecule has 4 nitrogen and oxygen atoms in total. The minimum atomic E-state index is -2.89. The van der Waals surface area contributed by atoms with Crippen LogP contribution < -0.4 is 0 Å². The summed E-state index contributed by atoms with van der Waals surface area (Å²) < 4.78 is 39.6. The maximum atomic E-state index is 14.8. The predicted octanol–water partition coefficient (Wildman–Crippen LogP) is 10.4. The summed E-state index contributed by atoms with van der Waals surface area (Å²) in [7, 11) is -5.78. The average molecular weight is 621 g/mol. The fourth-order valence-electron chi connectivity index (χ4n) is 7.19. The molecule has 1 aliphatic carbocycles. The molecule has 6 aromatic rings. The fraction of sp³-hybridized carbons (Fsp3) is 0.0769. The van der Waals surface area contributed by atoms with Crippen LogP contribution in [0.1, 0.15) is 25.0 Å². The minimum absolute atomic E-state index is 0.310. The Balaban J connectivity index is 1.32. The molecule has 0 bridgehead atoms. The van der Waals surface area contributed by atoms with Crippen molar-refractivity contribution >= 4 is 30.8 Å². The molecule has 0 saturated carbocycles. The van der Waals surface area contributed by atoms with E-state index in [4.69, 9.17) is 8.73 Å². The number of hydrogen-bond acceptors (Lipinski definition) is 4. The highest BCUT2D eigenvalue weighted by Crippen LogP contribution is 2.57. The first-order valence-electron chi connectivity index (χ1n) is 15.0. The van der Waals surface area contributed by atoms with Crippen LogP contribution in [0.3, 0.4) is 0 Å². The zero-order valence-corrected chi connectivity index (χ0v) is 26.4. The van der Waals surface area contributed by atoms with Gasteiger partial charge in [-0.3, -0.25) is 0 Å². The van der Waals surface area contributed by atoms with E-state index in [0.717, 1.165) is 54.5 Å². The summed E-state index contributed by atoms with van der Waals surface area (Å²) in [4.78, 5) is 2.90. The summed E-state index contributed by atoms with van der Waals surface area (Å²) in [6, 6.07) is 43.7. The van der Waals surface area contributed by atoms with Gasteiger partial charge < -0.3 is 0 Å². The van der Waals surface area contributed by atoms with Crippen LogP contribution >= 0.6 is 0 Å². The molecule has 0 saturated heterocycles. The van der Waals surface area contributed by atoms with Gasteiger partial charge in [0.25, 0.3) is 0 Å². The van der Waals surface area contributed by atoms with Crippen LogP contribution in [-0.4, -0.2) is 8.42 Å². The van der Waals surface area contributed by atoms with Crippen molar-refractivity contribution in [2.75, 3.05) is 0 Å². The highest BCUT2D eigenvalue weighted by Gasteiger charge is 2.40. The molecule has 3 aliphatic rings. The molecule has 2 unspecified atom stereocenters. The van der Waals surface area contributed by atoms with Crippen molar-refractivity contribution in [3.63, 3.8) is 0 Å². The lowest BCUT2D eigenvalue weighted by Gasteiger charge is -2.26. The average Bonchev–Trinajstić information content (AvgIpc) is 3.29. The molecule has 6 aromatic carbocycles. The maximum absolute atomic E-state index is 14.8. The lowest BCUT2D eigenvalue weighted by molar-refractivity contribution is 0.660. The molecule has 9 rings (SSSR count). The third kappa shape index (κ3) is 3.58. The first-order valence-corrected chi connectivity index (χ1v) is 18.0. The second kappa shape index (κ2) is 9.13. The van der Waals surface area contributed by atoms with Crippen molar-refractivity contribution in [1.82, 2.24) is 0 Å². The number of rotatable bonds is 2. The largest absolute Gasteiger partial charge is 0.239 e. The van der Waals surface area contributed by atoms with E-state index in [1.807, 2.05) is 97.1 Å². The third-order valence-corrected chi connectivity index (χ3v) is 14.1. The second-order valence-corrected chi connectivity index (χ2v) is 16.6. The molecular weight excluding hydrogens is 593 g/mol. The Kier molecular flexibility index (Phi) is 5.40. The van der Waals surface area contributed by atoms with Gasteiger partial charge in [-0.25, -0.2) is 8.42 Å². The lowest BCUT2D eigenvalue weighted by atomic mass is 9.80. The topological polar surface area (TPSA) is 58.9 Å². The van der Waals surface area contributed by atoms with E-state index >= 15 is 0 Å². The molecule has 0 spiro atoms. The van der Waals surface area contributed by atoms with Crippen LogP contribution in [0.25, 0.3) is 33.4 Å². The van der Waals surface area contributed by atoms with E-state index in [1.165, 1.54) is 11.1 Å². The van der Waals surface area contributed by atoms with E-state index in [2.05, 4.69) is 50.2 Å². The molecule has 2 heterocycles. The zero-order valence-electron chi connectivity index (χ0n) is 24.7. The van der Waals surface area contributed by atoms with Crippen LogP contribution in [0.5, 0.6) is 0 Å². The fourth-order valence-corrected chi connectivity index (χ4v) is 11.5. The Hall–Kier alpha value is -4.78. The van der Waals surface area contributed by atoms with Gasteiger partial charge in [-0.2, -0.15) is 8.73 Å². The SMILES string of the molecule is CC1(C)c2cc3c(cc2-c2cc4c(cc21)-c1ccccc1S(=O)(c1ccccc1)=N4)N=S(=O)(c1ccccc1)c1ccccc1-3. The van der Waals surface area contributed by atoms with Gasteiger partial charge in [0.15, 0.2) is 0 Å². The van der Waals surface area contributed by atoms with E-state index in [-0.39, 0.29) is 5.41 Å². The van der Waals surface area contributed by atoms with Crippen LogP contribution in [0.4, 0.5) is 11.4 Å². The molecule has 45 heavy (non-hydrogen) atoms. The zero-order chi connectivity index (χ0) is 30.6. The Labute approximate surface area is 263 Å². The molecule has 0 N–H and O–H groups in total. The van der Waals surface area contributed by atoms with Crippen LogP contribution in [-0.2, 0) is 24.9 Å². The second-order valence-electron chi connectivity index (χ2n) is 12.3. The highest BCUT2D eigenvalue weighted by molar-refractivity contribution is 7.94. The maximum Gasteiger partial charge on any atom is 0.109 e. The lowest BCUT2D eigenvalue weighted by Crippen LogP contribution is -2.16. The Morgan fingerprint density at radius 3 is 1.24 bits per heavy atom. The molecule has 2 aliphatic heterocycles. The molecule has 0 aromatic heterocycles. The number of benzene rings is 6. The van der Waals surface area contributed by atoms with Gasteiger partial charge in [0.2, 0.25) is 0 Å². The number of hydrogen-bond donors (Lipinski definition) is 0. The monoisotopic (exact) mass is 620 g/mol. The molecule has 6 heteroatoms. The van der Waals surface area contributed by atoms with E-state index in [1.54, 1.807) is 0 Å². The van der Waals surface area contributed by atoms with Crippen LogP contribution in [0.15, 0.2) is 162 Å². The number of nitrogens with zero attached hydrogens (tertiary/aromatic N) is 2. The first-order chi connectivity index (χ1) is 21.8. The summed E-state index contributed by atoms with van der Waals surface area (Å²) in [5, 5.41) is 0. The van der Waals surface area contributed by atoms with Gasteiger partial charge in [-0.1, -0.05) is 86.6 Å². The molecule has 0 fully saturated rings. The summed E-state index contributed by atoms with van der Waals surface area (Å²) in [5.41, 5.74) is 9.51. The Bertz CT molecular complexity index is 2330. The van der Waals surface area contributed by atoms with Crippen molar-refractivity contribution in [2.45, 2.75) is 38.8 Å². The Morgan fingerprint density at radius 2 is 0.822 bits per heavy atom. The summed E-state index contributed by atoms with van der Waals surface area (Å²) >= 11 is 0. The minimum Gasteiger partial charge on any atom is -0.239 e. The number of fused-ring (bicyclic) bond motifs is 9. The van der Waals surface area contributed by atoms with Crippen molar-refractivity contribution in [3.8, 4) is 33.4 Å². The summed E-state index contributed by atoms with van der Waals surface area (Å²) in [6.45, 7) is 4.52. The highest BCUT2D eigenvalue weighted by atomic mass is 32.2. The molecule has 0 radical (unpaired) electrons. The molecule has 2 atom stereocenters. The van der Waals surface area contributed by atoms with Gasteiger partial charge in [-0.15, -0.1) is 0 Å². The van der Waals surface area contributed by atoms with Crippen molar-refractivity contribution in [1.29, 1.82) is 0 Å². The summed E-state index contributed by atoms with van der Waals surface area (Å²) in [6.07, 6.45) is 0. The van der Waals surface area contributed by atoms with E-state index < -0.39 is 19.5 Å². The van der Waals surface area contributed by atoms with Gasteiger partial charge in [-0.05, 0) is 82.9 Å². The third-order valence-electron chi connectivity index (χ3n) is 9.44. The van der Waals surface area contributed by atoms with Crippen molar-refractivity contribution in [3.05, 3.63) is 145 Å². The van der Waals surface area contributed by atoms with Gasteiger partial charge in [0.1, 0.15) is 19.5 Å². The van der Waals surface area contributed by atoms with E-state index in [0.29, 0.717) is 9.79 Å². The molecule has 0 amide bonds. The Morgan fingerprint density at radius 1 is 0.444 bits per heavy atom. The normalized spacial score (nSPS) is 21.1. The predicted molar refractivity (Wildman–Crippen MR) is 181 cm³/mol. The van der Waals surface area contributed by atoms with Crippen molar-refractivity contribution < 1.29 is 8.42 Å². The molecule has 218 valence electrons. The standard InChI is InChI=1S/C39H28N2O2S2/c1-39(2)33-21-31-27-17-9-11-19-37(27)44(42,25-13-5-3-6-14-25)40-35(31)23-29(33)30-24-36-32(22-34(30)39)28-18-10-12-20-38(28)45(43,41-36)26-15-7-4-8-16-26/h3-24H,1-2H3. The quantitative estimate of drug-likeness (QED) is 0.193. The van der Waals surface area contributed by atoms with Crippen LogP contribution in [0, 0.1) is 0 Å². The summed E-state index contributed by atoms with van der Waals surface area (Å²) in [5.74, 6) is 0. The van der Waals surface area contributed by atoms with E-state index in [9.17, 15) is 8.42 Å². The smallest absolute Gasteiger partial charge is 0.109 e. The first kappa shape index (κ1) is 26.6.